The van der Waals surface area contributed by atoms with Gasteiger partial charge in [0.05, 0.1) is 17.4 Å². The monoisotopic (exact) mass is 471 g/mol. The molecule has 10 heteroatoms. The summed E-state index contributed by atoms with van der Waals surface area (Å²) < 4.78 is 5.18. The van der Waals surface area contributed by atoms with E-state index in [4.69, 9.17) is 15.1 Å². The fourth-order valence-electron chi connectivity index (χ4n) is 4.35. The van der Waals surface area contributed by atoms with Gasteiger partial charge in [-0.2, -0.15) is 0 Å². The number of nitrogen functional groups attached to an aromatic ring is 1. The first kappa shape index (κ1) is 21.3. The van der Waals surface area contributed by atoms with Crippen LogP contribution in [-0.2, 0) is 17.6 Å². The van der Waals surface area contributed by atoms with Crippen LogP contribution in [-0.4, -0.2) is 63.5 Å². The van der Waals surface area contributed by atoms with Crippen LogP contribution in [0.1, 0.15) is 34.3 Å². The number of carbonyl (C=O) groups excluding carboxylic acids is 2. The number of piperazine rings is 1. The summed E-state index contributed by atoms with van der Waals surface area (Å²) in [5.74, 6) is 1.66. The third-order valence-electron chi connectivity index (χ3n) is 6.14. The number of nitrogens with two attached hydrogens (primary N) is 1. The lowest BCUT2D eigenvalue weighted by molar-refractivity contribution is -0.129. The second kappa shape index (κ2) is 8.74. The van der Waals surface area contributed by atoms with Crippen molar-refractivity contribution in [2.45, 2.75) is 31.3 Å². The van der Waals surface area contributed by atoms with Gasteiger partial charge in [-0.1, -0.05) is 18.7 Å². The minimum atomic E-state index is -0.137. The van der Waals surface area contributed by atoms with Crippen LogP contribution in [0.5, 0.6) is 0 Å². The molecule has 168 valence electrons. The Morgan fingerprint density at radius 1 is 1.25 bits per heavy atom. The van der Waals surface area contributed by atoms with Crippen LogP contribution >= 0.6 is 23.1 Å². The molecule has 0 radical (unpaired) electrons. The lowest BCUT2D eigenvalue weighted by Gasteiger charge is -2.34. The summed E-state index contributed by atoms with van der Waals surface area (Å²) in [7, 11) is 0. The van der Waals surface area contributed by atoms with E-state index in [2.05, 4.69) is 11.9 Å². The van der Waals surface area contributed by atoms with Gasteiger partial charge in [0.2, 0.25) is 5.91 Å². The van der Waals surface area contributed by atoms with E-state index in [0.717, 1.165) is 23.1 Å². The van der Waals surface area contributed by atoms with Crippen molar-refractivity contribution in [3.8, 4) is 0 Å². The normalized spacial score (nSPS) is 18.7. The molecule has 0 saturated carbocycles. The first-order valence-corrected chi connectivity index (χ1v) is 12.6. The minimum absolute atomic E-state index is 0.0154. The summed E-state index contributed by atoms with van der Waals surface area (Å²) >= 11 is 3.03. The molecule has 1 unspecified atom stereocenters. The molecule has 0 spiro atoms. The van der Waals surface area contributed by atoms with E-state index < -0.39 is 0 Å². The number of amides is 2. The van der Waals surface area contributed by atoms with Crippen molar-refractivity contribution >= 4 is 50.9 Å². The molecule has 0 bridgehead atoms. The Balaban J connectivity index is 1.20. The minimum Gasteiger partial charge on any atom is -0.459 e. The van der Waals surface area contributed by atoms with Gasteiger partial charge >= 0.3 is 0 Å². The van der Waals surface area contributed by atoms with Gasteiger partial charge in [-0.25, -0.2) is 9.97 Å². The maximum Gasteiger partial charge on any atom is 0.289 e. The number of anilines is 1. The Bertz CT molecular complexity index is 1150. The number of carbonyl (C=O) groups is 2. The summed E-state index contributed by atoms with van der Waals surface area (Å²) in [6.07, 6.45) is 4.76. The predicted molar refractivity (Wildman–Crippen MR) is 125 cm³/mol. The predicted octanol–water partition coefficient (Wildman–Crippen LogP) is 3.07. The van der Waals surface area contributed by atoms with Crippen LogP contribution in [0.3, 0.4) is 0 Å². The van der Waals surface area contributed by atoms with E-state index in [1.807, 2.05) is 0 Å². The number of fused-ring (bicyclic) bond motifs is 3. The van der Waals surface area contributed by atoms with Crippen molar-refractivity contribution < 1.29 is 14.0 Å². The van der Waals surface area contributed by atoms with Crippen LogP contribution in [0, 0.1) is 5.92 Å². The van der Waals surface area contributed by atoms with E-state index in [0.29, 0.717) is 48.8 Å². The number of aromatic nitrogens is 2. The van der Waals surface area contributed by atoms with Crippen LogP contribution in [0.15, 0.2) is 28.0 Å². The lowest BCUT2D eigenvalue weighted by atomic mass is 9.89. The van der Waals surface area contributed by atoms with E-state index in [9.17, 15) is 9.59 Å². The van der Waals surface area contributed by atoms with E-state index >= 15 is 0 Å². The quantitative estimate of drug-likeness (QED) is 0.460. The average Bonchev–Trinajstić information content (AvgIpc) is 3.45. The molecule has 2 N–H and O–H groups in total. The van der Waals surface area contributed by atoms with Gasteiger partial charge in [0.15, 0.2) is 10.9 Å². The molecular weight excluding hydrogens is 446 g/mol. The molecule has 1 atom stereocenters. The maximum atomic E-state index is 12.7. The molecule has 3 aromatic rings. The van der Waals surface area contributed by atoms with Gasteiger partial charge < -0.3 is 20.0 Å². The van der Waals surface area contributed by atoms with Crippen LogP contribution in [0.2, 0.25) is 0 Å². The fraction of sp³-hybridized carbons (Fsp3) is 0.455. The summed E-state index contributed by atoms with van der Waals surface area (Å²) in [4.78, 5) is 40.1. The highest BCUT2D eigenvalue weighted by Gasteiger charge is 2.27. The first-order chi connectivity index (χ1) is 15.5. The maximum absolute atomic E-state index is 12.7. The average molecular weight is 472 g/mol. The van der Waals surface area contributed by atoms with Crippen LogP contribution in [0.4, 0.5) is 5.82 Å². The molecule has 1 saturated heterocycles. The molecule has 3 aromatic heterocycles. The third kappa shape index (κ3) is 4.09. The molecule has 1 aliphatic heterocycles. The molecule has 0 aromatic carbocycles. The van der Waals surface area contributed by atoms with Gasteiger partial charge in [-0.3, -0.25) is 9.59 Å². The summed E-state index contributed by atoms with van der Waals surface area (Å²) in [5, 5.41) is 1.55. The first-order valence-electron chi connectivity index (χ1n) is 10.8. The number of hydrogen-bond acceptors (Lipinski definition) is 8. The zero-order valence-corrected chi connectivity index (χ0v) is 19.5. The summed E-state index contributed by atoms with van der Waals surface area (Å²) in [5.41, 5.74) is 7.61. The summed E-state index contributed by atoms with van der Waals surface area (Å²) in [6.45, 7) is 4.27. The SMILES string of the molecule is CC1CCc2c(sc3nc(SCC(=O)N4CCN(C(=O)c5ccco5)CC4)nc(N)c23)C1. The van der Waals surface area contributed by atoms with Crippen molar-refractivity contribution in [3.63, 3.8) is 0 Å². The Hall–Kier alpha value is -2.59. The number of thiophene rings is 1. The van der Waals surface area contributed by atoms with Gasteiger partial charge in [0, 0.05) is 31.1 Å². The van der Waals surface area contributed by atoms with Crippen LogP contribution < -0.4 is 5.73 Å². The van der Waals surface area contributed by atoms with Gasteiger partial charge in [-0.15, -0.1) is 11.3 Å². The second-order valence-corrected chi connectivity index (χ2v) is 10.4. The van der Waals surface area contributed by atoms with Gasteiger partial charge in [0.25, 0.3) is 5.91 Å². The highest BCUT2D eigenvalue weighted by atomic mass is 32.2. The molecular formula is C22H25N5O3S2. The number of thioether (sulfide) groups is 1. The Labute approximate surface area is 194 Å². The van der Waals surface area contributed by atoms with Crippen molar-refractivity contribution in [2.75, 3.05) is 37.7 Å². The molecule has 1 aliphatic carbocycles. The number of rotatable bonds is 4. The zero-order valence-electron chi connectivity index (χ0n) is 17.9. The second-order valence-electron chi connectivity index (χ2n) is 8.36. The number of aryl methyl sites for hydroxylation is 1. The van der Waals surface area contributed by atoms with Gasteiger partial charge in [0.1, 0.15) is 10.6 Å². The Morgan fingerprint density at radius 3 is 2.78 bits per heavy atom. The molecule has 8 nitrogen and oxygen atoms in total. The highest BCUT2D eigenvalue weighted by molar-refractivity contribution is 7.99. The lowest BCUT2D eigenvalue weighted by Crippen LogP contribution is -2.51. The molecule has 5 rings (SSSR count). The Morgan fingerprint density at radius 2 is 2.03 bits per heavy atom. The topological polar surface area (TPSA) is 106 Å². The number of furan rings is 1. The Kier molecular flexibility index (Phi) is 5.81. The standard InChI is InChI=1S/C22H25N5O3S2/c1-13-4-5-14-16(11-13)32-20-18(14)19(23)24-22(25-20)31-12-17(28)26-6-8-27(9-7-26)21(29)15-3-2-10-30-15/h2-3,10,13H,4-9,11-12H2,1H3,(H2,23,24,25). The molecule has 4 heterocycles. The van der Waals surface area contributed by atoms with E-state index in [1.165, 1.54) is 34.9 Å². The van der Waals surface area contributed by atoms with Crippen molar-refractivity contribution in [1.82, 2.24) is 19.8 Å². The zero-order chi connectivity index (χ0) is 22.2. The van der Waals surface area contributed by atoms with Gasteiger partial charge in [-0.05, 0) is 42.9 Å². The molecule has 2 amide bonds. The summed E-state index contributed by atoms with van der Waals surface area (Å²) in [6, 6.07) is 3.35. The molecule has 1 fully saturated rings. The van der Waals surface area contributed by atoms with Crippen molar-refractivity contribution in [1.29, 1.82) is 0 Å². The van der Waals surface area contributed by atoms with E-state index in [1.54, 1.807) is 33.3 Å². The number of nitrogens with zero attached hydrogens (tertiary/aromatic N) is 4. The smallest absolute Gasteiger partial charge is 0.289 e. The van der Waals surface area contributed by atoms with Crippen molar-refractivity contribution in [2.24, 2.45) is 5.92 Å². The number of hydrogen-bond donors (Lipinski definition) is 1. The molecule has 32 heavy (non-hydrogen) atoms. The van der Waals surface area contributed by atoms with E-state index in [-0.39, 0.29) is 17.6 Å². The largest absolute Gasteiger partial charge is 0.459 e. The fourth-order valence-corrected chi connectivity index (χ4v) is 6.55. The van der Waals surface area contributed by atoms with Crippen molar-refractivity contribution in [3.05, 3.63) is 34.6 Å². The van der Waals surface area contributed by atoms with Crippen LogP contribution in [0.25, 0.3) is 10.2 Å². The highest BCUT2D eigenvalue weighted by Crippen LogP contribution is 2.39. The molecule has 2 aliphatic rings. The third-order valence-corrected chi connectivity index (χ3v) is 8.12.